The summed E-state index contributed by atoms with van der Waals surface area (Å²) in [7, 11) is 0. The van der Waals surface area contributed by atoms with Gasteiger partial charge in [-0.3, -0.25) is 29.8 Å². The molecular formula is C64H87N7O17. The number of carbonyl (C=O) groups excluding carboxylic acids is 2. The van der Waals surface area contributed by atoms with Gasteiger partial charge < -0.3 is 77.9 Å². The van der Waals surface area contributed by atoms with Gasteiger partial charge in [0.2, 0.25) is 0 Å². The SMILES string of the molecule is Cc1ccc2c(c1)NC[C@]21CCN(C[C@@H](O)C2CCN(C(=O)c3cc4ccc(Oc5ccc(C(=O)NCCOCCOCCOCCOCCOCCOCCOCCOCCOCCCc6ccc([N+](=O)[O-])cc6[N+](=O)[O-])cc5)cc4[nH]3)CC2)C[C@H]1C. The molecule has 4 aromatic carbocycles. The number of nitrogens with one attached hydrogen (secondary N) is 3. The second-order valence-electron chi connectivity index (χ2n) is 22.4. The summed E-state index contributed by atoms with van der Waals surface area (Å²) in [5, 5.41) is 41.0. The number of β-amino-alcohol motifs (C(OH)–C–C–N with tert-alkyl or cyclic N) is 1. The van der Waals surface area contributed by atoms with Crippen LogP contribution in [0.4, 0.5) is 17.1 Å². The summed E-state index contributed by atoms with van der Waals surface area (Å²) in [5.41, 5.74) is 5.79. The quantitative estimate of drug-likeness (QED) is 0.0168. The molecule has 0 bridgehead atoms. The van der Waals surface area contributed by atoms with Gasteiger partial charge in [-0.1, -0.05) is 19.1 Å². The zero-order valence-corrected chi connectivity index (χ0v) is 50.8. The van der Waals surface area contributed by atoms with E-state index >= 15 is 0 Å². The van der Waals surface area contributed by atoms with Gasteiger partial charge in [-0.2, -0.15) is 0 Å². The van der Waals surface area contributed by atoms with E-state index in [1.807, 2.05) is 29.2 Å². The molecule has 24 heteroatoms. The molecule has 1 aromatic heterocycles. The number of nitro groups is 2. The number of hydrogen-bond donors (Lipinski definition) is 4. The third kappa shape index (κ3) is 20.4. The molecule has 0 saturated carbocycles. The molecule has 0 radical (unpaired) electrons. The molecule has 1 spiro atoms. The largest absolute Gasteiger partial charge is 0.457 e. The van der Waals surface area contributed by atoms with E-state index in [9.17, 15) is 34.9 Å². The summed E-state index contributed by atoms with van der Waals surface area (Å²) in [4.78, 5) is 55.0. The molecule has 2 amide bonds. The number of aryl methyl sites for hydroxylation is 2. The van der Waals surface area contributed by atoms with Gasteiger partial charge >= 0.3 is 0 Å². The molecule has 0 aliphatic carbocycles. The first kappa shape index (κ1) is 67.3. The minimum atomic E-state index is -0.656. The summed E-state index contributed by atoms with van der Waals surface area (Å²) in [5.74, 6) is 1.52. The van der Waals surface area contributed by atoms with E-state index in [1.54, 1.807) is 24.3 Å². The Morgan fingerprint density at radius 1 is 0.682 bits per heavy atom. The summed E-state index contributed by atoms with van der Waals surface area (Å²) < 4.78 is 55.9. The van der Waals surface area contributed by atoms with Gasteiger partial charge in [0.05, 0.1) is 134 Å². The third-order valence-corrected chi connectivity index (χ3v) is 16.4. The lowest BCUT2D eigenvalue weighted by molar-refractivity contribution is -0.394. The summed E-state index contributed by atoms with van der Waals surface area (Å²) in [6.45, 7) is 16.9. The van der Waals surface area contributed by atoms with Crippen LogP contribution < -0.4 is 15.4 Å². The van der Waals surface area contributed by atoms with Crippen molar-refractivity contribution in [1.82, 2.24) is 20.1 Å². The number of benzene rings is 4. The van der Waals surface area contributed by atoms with Crippen molar-refractivity contribution in [3.8, 4) is 11.5 Å². The van der Waals surface area contributed by atoms with Crippen LogP contribution in [-0.4, -0.2) is 212 Å². The number of nitro benzene ring substituents is 2. The lowest BCUT2D eigenvalue weighted by Crippen LogP contribution is -2.52. The molecule has 2 fully saturated rings. The molecular weight excluding hydrogens is 1140 g/mol. The van der Waals surface area contributed by atoms with Crippen molar-refractivity contribution in [2.45, 2.75) is 57.5 Å². The molecule has 5 aromatic rings. The van der Waals surface area contributed by atoms with E-state index in [0.29, 0.717) is 192 Å². The lowest BCUT2D eigenvalue weighted by atomic mass is 9.67. The minimum Gasteiger partial charge on any atom is -0.457 e. The van der Waals surface area contributed by atoms with Crippen LogP contribution in [0.5, 0.6) is 11.5 Å². The van der Waals surface area contributed by atoms with E-state index in [-0.39, 0.29) is 34.5 Å². The van der Waals surface area contributed by atoms with Crippen LogP contribution in [0, 0.1) is 39.0 Å². The van der Waals surface area contributed by atoms with Crippen LogP contribution in [0.15, 0.2) is 84.9 Å². The number of rotatable bonds is 40. The highest BCUT2D eigenvalue weighted by atomic mass is 16.6. The number of ether oxygens (including phenoxy) is 10. The predicted molar refractivity (Wildman–Crippen MR) is 329 cm³/mol. The Balaban J connectivity index is 0.560. The highest BCUT2D eigenvalue weighted by Crippen LogP contribution is 2.47. The topological polar surface area (TPSA) is 279 Å². The first-order chi connectivity index (χ1) is 42.9. The van der Waals surface area contributed by atoms with Crippen LogP contribution in [0.1, 0.15) is 70.1 Å². The average molecular weight is 1230 g/mol. The Morgan fingerprint density at radius 3 is 1.84 bits per heavy atom. The number of fused-ring (bicyclic) bond motifs is 3. The molecule has 4 N–H and O–H groups in total. The summed E-state index contributed by atoms with van der Waals surface area (Å²) in [6.07, 6.45) is 3.08. The molecule has 88 heavy (non-hydrogen) atoms. The number of aromatic amines is 1. The Kier molecular flexibility index (Phi) is 27.1. The van der Waals surface area contributed by atoms with Gasteiger partial charge in [-0.15, -0.1) is 0 Å². The zero-order valence-electron chi connectivity index (χ0n) is 50.8. The summed E-state index contributed by atoms with van der Waals surface area (Å²) >= 11 is 0. The van der Waals surface area contributed by atoms with Crippen LogP contribution in [0.25, 0.3) is 10.9 Å². The maximum Gasteiger partial charge on any atom is 0.279 e. The zero-order chi connectivity index (χ0) is 61.9. The molecule has 480 valence electrons. The second kappa shape index (κ2) is 35.5. The Morgan fingerprint density at radius 2 is 1.26 bits per heavy atom. The number of aliphatic hydroxyl groups is 1. The Labute approximate surface area is 514 Å². The number of likely N-dealkylation sites (tertiary alicyclic amines) is 2. The second-order valence-corrected chi connectivity index (χ2v) is 22.4. The van der Waals surface area contributed by atoms with E-state index in [4.69, 9.17) is 47.4 Å². The minimum absolute atomic E-state index is 0.0461. The predicted octanol–water partition coefficient (Wildman–Crippen LogP) is 7.52. The average Bonchev–Trinajstić information content (AvgIpc) is 1.70. The smallest absolute Gasteiger partial charge is 0.279 e. The maximum absolute atomic E-state index is 13.7. The van der Waals surface area contributed by atoms with E-state index in [1.165, 1.54) is 28.9 Å². The van der Waals surface area contributed by atoms with Crippen molar-refractivity contribution in [3.63, 3.8) is 0 Å². The number of anilines is 1. The number of nitrogens with zero attached hydrogens (tertiary/aromatic N) is 4. The van der Waals surface area contributed by atoms with E-state index < -0.39 is 16.0 Å². The maximum atomic E-state index is 13.7. The Hall–Kier alpha value is -6.68. The number of piperidine rings is 2. The number of hydrogen-bond acceptors (Lipinski definition) is 19. The highest BCUT2D eigenvalue weighted by Gasteiger charge is 2.46. The van der Waals surface area contributed by atoms with Gasteiger partial charge in [0.15, 0.2) is 0 Å². The molecule has 2 saturated heterocycles. The highest BCUT2D eigenvalue weighted by molar-refractivity contribution is 5.98. The van der Waals surface area contributed by atoms with E-state index in [2.05, 4.69) is 52.6 Å². The fraction of sp³-hybridized carbons (Fsp3) is 0.562. The monoisotopic (exact) mass is 1230 g/mol. The van der Waals surface area contributed by atoms with Crippen LogP contribution >= 0.6 is 0 Å². The van der Waals surface area contributed by atoms with Crippen molar-refractivity contribution in [1.29, 1.82) is 0 Å². The van der Waals surface area contributed by atoms with Gasteiger partial charge in [0.1, 0.15) is 17.2 Å². The van der Waals surface area contributed by atoms with Crippen molar-refractivity contribution in [2.75, 3.05) is 170 Å². The number of non-ortho nitro benzene ring substituents is 1. The van der Waals surface area contributed by atoms with Crippen molar-refractivity contribution < 1.29 is 71.9 Å². The molecule has 24 nitrogen and oxygen atoms in total. The van der Waals surface area contributed by atoms with E-state index in [0.717, 1.165) is 55.9 Å². The molecule has 4 heterocycles. The van der Waals surface area contributed by atoms with Crippen LogP contribution in [0.2, 0.25) is 0 Å². The van der Waals surface area contributed by atoms with Crippen molar-refractivity contribution in [3.05, 3.63) is 133 Å². The van der Waals surface area contributed by atoms with Crippen LogP contribution in [0.3, 0.4) is 0 Å². The van der Waals surface area contributed by atoms with Crippen molar-refractivity contribution >= 4 is 39.8 Å². The van der Waals surface area contributed by atoms with Gasteiger partial charge in [0, 0.05) is 91.1 Å². The van der Waals surface area contributed by atoms with Crippen LogP contribution in [-0.2, 0) is 54.5 Å². The molecule has 8 rings (SSSR count). The normalized spacial score (nSPS) is 17.3. The van der Waals surface area contributed by atoms with Crippen molar-refractivity contribution in [2.24, 2.45) is 11.8 Å². The molecule has 3 aliphatic rings. The Bertz CT molecular complexity index is 2980. The first-order valence-electron chi connectivity index (χ1n) is 30.7. The number of carbonyl (C=O) groups is 2. The molecule has 3 atom stereocenters. The van der Waals surface area contributed by atoms with Gasteiger partial charge in [-0.05, 0) is 123 Å². The number of amides is 2. The van der Waals surface area contributed by atoms with Gasteiger partial charge in [0.25, 0.3) is 23.2 Å². The summed E-state index contributed by atoms with van der Waals surface area (Å²) in [6, 6.07) is 24.9. The standard InChI is InChI=1S/C64H87N7O17/c1-47-5-14-56-58(40-47)66-46-64(56)17-21-68(44-48(64)2)45-61(72)50-15-19-69(20-16-50)63(74)59-41-52-9-13-55(43-57(52)67-59)88-54-11-7-51(8-12-54)62(73)65-18-23-80-25-27-82-29-31-84-33-35-86-37-39-87-38-36-85-34-32-83-30-28-81-26-24-79-22-3-4-49-6-10-53(70(75)76)42-60(49)71(77)78/h5-14,40-43,48,50,61,66-67,72H,3-4,15-39,44-46H2,1-2H3,(H,65,73)/t48-,61-,64+/m1/s1. The lowest BCUT2D eigenvalue weighted by Gasteiger charge is -2.46. The third-order valence-electron chi connectivity index (χ3n) is 16.4. The molecule has 0 unspecified atom stereocenters. The number of aromatic nitrogens is 1. The molecule has 3 aliphatic heterocycles. The fourth-order valence-corrected chi connectivity index (χ4v) is 11.5. The van der Waals surface area contributed by atoms with Gasteiger partial charge in [-0.25, -0.2) is 0 Å². The number of aliphatic hydroxyl groups excluding tert-OH is 1. The first-order valence-corrected chi connectivity index (χ1v) is 30.7. The fourth-order valence-electron chi connectivity index (χ4n) is 11.5. The number of H-pyrrole nitrogens is 1.